The second-order valence-corrected chi connectivity index (χ2v) is 4.71. The third kappa shape index (κ3) is 2.25. The van der Waals surface area contributed by atoms with Gasteiger partial charge in [0.1, 0.15) is 11.5 Å². The zero-order valence-corrected chi connectivity index (χ0v) is 11.4. The van der Waals surface area contributed by atoms with E-state index in [4.69, 9.17) is 15.2 Å². The zero-order chi connectivity index (χ0) is 13.1. The highest BCUT2D eigenvalue weighted by atomic mass is 16.5. The predicted octanol–water partition coefficient (Wildman–Crippen LogP) is 1.80. The summed E-state index contributed by atoms with van der Waals surface area (Å²) >= 11 is 0. The summed E-state index contributed by atoms with van der Waals surface area (Å²) in [4.78, 5) is 2.30. The fourth-order valence-corrected chi connectivity index (χ4v) is 2.70. The third-order valence-corrected chi connectivity index (χ3v) is 3.77. The summed E-state index contributed by atoms with van der Waals surface area (Å²) in [5.74, 6) is 1.76. The average molecular weight is 250 g/mol. The van der Waals surface area contributed by atoms with Gasteiger partial charge in [0.05, 0.1) is 14.2 Å². The minimum absolute atomic E-state index is 0.513. The van der Waals surface area contributed by atoms with Gasteiger partial charge >= 0.3 is 0 Å². The van der Waals surface area contributed by atoms with Crippen LogP contribution >= 0.6 is 0 Å². The van der Waals surface area contributed by atoms with Crippen molar-refractivity contribution in [3.8, 4) is 11.5 Å². The summed E-state index contributed by atoms with van der Waals surface area (Å²) in [6, 6.07) is 4.55. The van der Waals surface area contributed by atoms with E-state index in [9.17, 15) is 0 Å². The number of rotatable bonds is 4. The summed E-state index contributed by atoms with van der Waals surface area (Å²) in [7, 11) is 5.51. The molecule has 100 valence electrons. The molecule has 18 heavy (non-hydrogen) atoms. The maximum Gasteiger partial charge on any atom is 0.127 e. The number of nitrogens with zero attached hydrogens (tertiary/aromatic N) is 1. The van der Waals surface area contributed by atoms with E-state index in [0.717, 1.165) is 37.3 Å². The van der Waals surface area contributed by atoms with E-state index in [2.05, 4.69) is 18.0 Å². The zero-order valence-electron chi connectivity index (χ0n) is 11.4. The molecule has 0 amide bonds. The Hall–Kier alpha value is -1.42. The lowest BCUT2D eigenvalue weighted by Crippen LogP contribution is -2.37. The minimum atomic E-state index is 0.513. The van der Waals surface area contributed by atoms with Crippen LogP contribution in [0.3, 0.4) is 0 Å². The molecule has 1 aliphatic rings. The highest BCUT2D eigenvalue weighted by Gasteiger charge is 2.26. The number of hydrogen-bond donors (Lipinski definition) is 1. The SMILES string of the molecule is COc1cc(OC)c2c(c1)N(C)C(CCN)CC2. The van der Waals surface area contributed by atoms with Crippen molar-refractivity contribution in [2.45, 2.75) is 25.3 Å². The Morgan fingerprint density at radius 2 is 2.11 bits per heavy atom. The van der Waals surface area contributed by atoms with Crippen LogP contribution in [0, 0.1) is 0 Å². The van der Waals surface area contributed by atoms with E-state index in [-0.39, 0.29) is 0 Å². The quantitative estimate of drug-likeness (QED) is 0.885. The Balaban J connectivity index is 2.39. The lowest BCUT2D eigenvalue weighted by Gasteiger charge is -2.36. The van der Waals surface area contributed by atoms with Crippen LogP contribution in [0.5, 0.6) is 11.5 Å². The molecule has 4 heteroatoms. The predicted molar refractivity (Wildman–Crippen MR) is 73.7 cm³/mol. The monoisotopic (exact) mass is 250 g/mol. The van der Waals surface area contributed by atoms with Crippen molar-refractivity contribution >= 4 is 5.69 Å². The summed E-state index contributed by atoms with van der Waals surface area (Å²) in [5.41, 5.74) is 8.15. The smallest absolute Gasteiger partial charge is 0.127 e. The number of nitrogens with two attached hydrogens (primary N) is 1. The molecule has 0 bridgehead atoms. The van der Waals surface area contributed by atoms with Crippen LogP contribution in [0.25, 0.3) is 0 Å². The van der Waals surface area contributed by atoms with Gasteiger partial charge in [-0.2, -0.15) is 0 Å². The summed E-state index contributed by atoms with van der Waals surface area (Å²) in [5, 5.41) is 0. The van der Waals surface area contributed by atoms with Gasteiger partial charge in [-0.15, -0.1) is 0 Å². The second kappa shape index (κ2) is 5.48. The van der Waals surface area contributed by atoms with Gasteiger partial charge in [-0.3, -0.25) is 0 Å². The van der Waals surface area contributed by atoms with Crippen LogP contribution in [0.15, 0.2) is 12.1 Å². The molecule has 1 aliphatic heterocycles. The number of benzene rings is 1. The molecule has 2 rings (SSSR count). The van der Waals surface area contributed by atoms with Crippen LogP contribution in [0.2, 0.25) is 0 Å². The van der Waals surface area contributed by atoms with E-state index in [1.807, 2.05) is 6.07 Å². The fourth-order valence-electron chi connectivity index (χ4n) is 2.70. The highest BCUT2D eigenvalue weighted by Crippen LogP contribution is 2.39. The van der Waals surface area contributed by atoms with Crippen molar-refractivity contribution < 1.29 is 9.47 Å². The van der Waals surface area contributed by atoms with Gasteiger partial charge in [0, 0.05) is 36.5 Å². The topological polar surface area (TPSA) is 47.7 Å². The van der Waals surface area contributed by atoms with Crippen molar-refractivity contribution in [2.24, 2.45) is 5.73 Å². The number of hydrogen-bond acceptors (Lipinski definition) is 4. The molecule has 0 fully saturated rings. The highest BCUT2D eigenvalue weighted by molar-refractivity contribution is 5.64. The Bertz CT molecular complexity index is 421. The molecule has 1 unspecified atom stereocenters. The Kier molecular flexibility index (Phi) is 3.97. The second-order valence-electron chi connectivity index (χ2n) is 4.71. The van der Waals surface area contributed by atoms with E-state index in [1.165, 1.54) is 11.3 Å². The standard InChI is InChI=1S/C14H22N2O2/c1-16-10(6-7-15)4-5-12-13(16)8-11(17-2)9-14(12)18-3/h8-10H,4-7,15H2,1-3H3. The molecule has 0 spiro atoms. The first-order valence-electron chi connectivity index (χ1n) is 6.39. The van der Waals surface area contributed by atoms with Gasteiger partial charge < -0.3 is 20.1 Å². The normalized spacial score (nSPS) is 18.4. The number of anilines is 1. The minimum Gasteiger partial charge on any atom is -0.497 e. The maximum atomic E-state index is 5.68. The molecule has 0 saturated carbocycles. The van der Waals surface area contributed by atoms with Crippen LogP contribution in [0.4, 0.5) is 5.69 Å². The largest absolute Gasteiger partial charge is 0.497 e. The van der Waals surface area contributed by atoms with Gasteiger partial charge in [0.15, 0.2) is 0 Å². The molecule has 0 aliphatic carbocycles. The van der Waals surface area contributed by atoms with E-state index in [1.54, 1.807) is 14.2 Å². The summed E-state index contributed by atoms with van der Waals surface area (Å²) < 4.78 is 10.8. The first kappa shape index (κ1) is 13.0. The van der Waals surface area contributed by atoms with E-state index in [0.29, 0.717) is 6.04 Å². The van der Waals surface area contributed by atoms with Crippen molar-refractivity contribution in [3.05, 3.63) is 17.7 Å². The van der Waals surface area contributed by atoms with Crippen molar-refractivity contribution in [1.29, 1.82) is 0 Å². The molecular weight excluding hydrogens is 228 g/mol. The number of methoxy groups -OCH3 is 2. The van der Waals surface area contributed by atoms with Crippen molar-refractivity contribution in [1.82, 2.24) is 0 Å². The van der Waals surface area contributed by atoms with Crippen LogP contribution in [-0.4, -0.2) is 33.9 Å². The number of fused-ring (bicyclic) bond motifs is 1. The lowest BCUT2D eigenvalue weighted by molar-refractivity contribution is 0.387. The molecule has 0 saturated heterocycles. The summed E-state index contributed by atoms with van der Waals surface area (Å²) in [6.45, 7) is 0.728. The van der Waals surface area contributed by atoms with Gasteiger partial charge in [0.25, 0.3) is 0 Å². The first-order valence-corrected chi connectivity index (χ1v) is 6.39. The molecule has 0 aromatic heterocycles. The Labute approximate surface area is 109 Å². The molecule has 2 N–H and O–H groups in total. The van der Waals surface area contributed by atoms with Crippen LogP contribution in [0.1, 0.15) is 18.4 Å². The fraction of sp³-hybridized carbons (Fsp3) is 0.571. The van der Waals surface area contributed by atoms with Crippen LogP contribution in [-0.2, 0) is 6.42 Å². The molecule has 1 heterocycles. The molecule has 1 aromatic rings. The van der Waals surface area contributed by atoms with Crippen molar-refractivity contribution in [3.63, 3.8) is 0 Å². The van der Waals surface area contributed by atoms with E-state index >= 15 is 0 Å². The van der Waals surface area contributed by atoms with Gasteiger partial charge in [-0.1, -0.05) is 0 Å². The molecule has 1 atom stereocenters. The molecular formula is C14H22N2O2. The van der Waals surface area contributed by atoms with Crippen molar-refractivity contribution in [2.75, 3.05) is 32.7 Å². The molecule has 1 aromatic carbocycles. The average Bonchev–Trinajstić information content (AvgIpc) is 2.41. The van der Waals surface area contributed by atoms with Gasteiger partial charge in [0.2, 0.25) is 0 Å². The lowest BCUT2D eigenvalue weighted by atomic mass is 9.93. The maximum absolute atomic E-state index is 5.68. The Morgan fingerprint density at radius 3 is 2.72 bits per heavy atom. The molecule has 0 radical (unpaired) electrons. The van der Waals surface area contributed by atoms with Gasteiger partial charge in [-0.25, -0.2) is 0 Å². The van der Waals surface area contributed by atoms with E-state index < -0.39 is 0 Å². The van der Waals surface area contributed by atoms with Gasteiger partial charge in [-0.05, 0) is 25.8 Å². The first-order chi connectivity index (χ1) is 8.71. The summed E-state index contributed by atoms with van der Waals surface area (Å²) in [6.07, 6.45) is 3.19. The number of ether oxygens (including phenoxy) is 2. The van der Waals surface area contributed by atoms with Crippen LogP contribution < -0.4 is 20.1 Å². The third-order valence-electron chi connectivity index (χ3n) is 3.77. The molecule has 4 nitrogen and oxygen atoms in total. The Morgan fingerprint density at radius 1 is 1.33 bits per heavy atom.